The van der Waals surface area contributed by atoms with E-state index in [9.17, 15) is 14.0 Å². The summed E-state index contributed by atoms with van der Waals surface area (Å²) >= 11 is 0. The number of hydrogen-bond acceptors (Lipinski definition) is 6. The van der Waals surface area contributed by atoms with Crippen molar-refractivity contribution in [3.63, 3.8) is 0 Å². The molecule has 0 aliphatic carbocycles. The zero-order valence-corrected chi connectivity index (χ0v) is 19.1. The van der Waals surface area contributed by atoms with Crippen LogP contribution in [0.1, 0.15) is 41.3 Å². The molecule has 4 heterocycles. The van der Waals surface area contributed by atoms with Crippen molar-refractivity contribution in [3.8, 4) is 17.6 Å². The predicted molar refractivity (Wildman–Crippen MR) is 124 cm³/mol. The Labute approximate surface area is 200 Å². The molecule has 5 rings (SSSR count). The highest BCUT2D eigenvalue weighted by molar-refractivity contribution is 5.68. The highest BCUT2D eigenvalue weighted by atomic mass is 19.2. The average molecular weight is 473 g/mol. The molecule has 1 atom stereocenters. The lowest BCUT2D eigenvalue weighted by atomic mass is 9.75. The summed E-state index contributed by atoms with van der Waals surface area (Å²) in [6, 6.07) is 7.67. The molecule has 0 bridgehead atoms. The Bertz CT molecular complexity index is 1480. The van der Waals surface area contributed by atoms with Crippen LogP contribution in [-0.4, -0.2) is 36.4 Å². The lowest BCUT2D eigenvalue weighted by Gasteiger charge is -2.30. The van der Waals surface area contributed by atoms with Crippen LogP contribution in [0.25, 0.3) is 18.0 Å². The molecular weight excluding hydrogens is 452 g/mol. The fourth-order valence-corrected chi connectivity index (χ4v) is 4.31. The Hall–Kier alpha value is -4.39. The molecule has 0 saturated carbocycles. The number of rotatable bonds is 5. The molecule has 4 aromatic rings. The number of nitrogens with zero attached hydrogens (tertiary/aromatic N) is 7. The van der Waals surface area contributed by atoms with Crippen LogP contribution in [-0.2, 0) is 12.0 Å². The minimum atomic E-state index is -1.21. The van der Waals surface area contributed by atoms with Crippen molar-refractivity contribution in [2.24, 2.45) is 0 Å². The third kappa shape index (κ3) is 3.95. The van der Waals surface area contributed by atoms with Gasteiger partial charge in [0.25, 0.3) is 0 Å². The van der Waals surface area contributed by atoms with Gasteiger partial charge in [0, 0.05) is 18.9 Å². The lowest BCUT2D eigenvalue weighted by Crippen LogP contribution is -2.34. The Morgan fingerprint density at radius 3 is 2.74 bits per heavy atom. The first-order valence-corrected chi connectivity index (χ1v) is 11.0. The van der Waals surface area contributed by atoms with E-state index in [1.165, 1.54) is 6.07 Å². The molecule has 3 aromatic heterocycles. The monoisotopic (exact) mass is 473 g/mol. The topological polar surface area (TPSA) is 94.4 Å². The van der Waals surface area contributed by atoms with Gasteiger partial charge in [-0.25, -0.2) is 28.4 Å². The van der Waals surface area contributed by atoms with Crippen molar-refractivity contribution in [1.29, 1.82) is 5.26 Å². The van der Waals surface area contributed by atoms with Crippen molar-refractivity contribution in [2.75, 3.05) is 7.11 Å². The van der Waals surface area contributed by atoms with Crippen LogP contribution in [0.4, 0.5) is 8.78 Å². The van der Waals surface area contributed by atoms with Gasteiger partial charge in [-0.2, -0.15) is 10.4 Å². The summed E-state index contributed by atoms with van der Waals surface area (Å²) in [4.78, 5) is 13.3. The first kappa shape index (κ1) is 22.4. The number of pyridine rings is 1. The number of aryl methyl sites for hydroxylation is 2. The van der Waals surface area contributed by atoms with Crippen LogP contribution in [0.5, 0.6) is 5.75 Å². The van der Waals surface area contributed by atoms with E-state index >= 15 is 0 Å². The SMILES string of the molecule is COc1cc(C=Cc2nc3n(n2)CCCC3(C#N)c2ccc(F)c(F)c2)cnc1-n1cnc(C)c1. The van der Waals surface area contributed by atoms with Crippen molar-refractivity contribution in [3.05, 3.63) is 83.1 Å². The van der Waals surface area contributed by atoms with Crippen molar-refractivity contribution in [1.82, 2.24) is 29.3 Å². The average Bonchev–Trinajstić information content (AvgIpc) is 3.50. The number of methoxy groups -OCH3 is 1. The van der Waals surface area contributed by atoms with Gasteiger partial charge in [0.15, 0.2) is 34.9 Å². The van der Waals surface area contributed by atoms with E-state index in [0.29, 0.717) is 48.2 Å². The van der Waals surface area contributed by atoms with Crippen LogP contribution in [0, 0.1) is 29.9 Å². The molecule has 1 aliphatic rings. The van der Waals surface area contributed by atoms with Gasteiger partial charge >= 0.3 is 0 Å². The molecule has 8 nitrogen and oxygen atoms in total. The maximum atomic E-state index is 14.0. The van der Waals surface area contributed by atoms with E-state index in [0.717, 1.165) is 23.4 Å². The molecule has 0 radical (unpaired) electrons. The minimum absolute atomic E-state index is 0.363. The molecule has 1 aliphatic heterocycles. The number of hydrogen-bond donors (Lipinski definition) is 0. The van der Waals surface area contributed by atoms with E-state index in [1.807, 2.05) is 19.2 Å². The normalized spacial score (nSPS) is 17.3. The van der Waals surface area contributed by atoms with Gasteiger partial charge in [-0.1, -0.05) is 6.07 Å². The number of halogens is 2. The van der Waals surface area contributed by atoms with Gasteiger partial charge in [0.2, 0.25) is 0 Å². The van der Waals surface area contributed by atoms with Crippen LogP contribution < -0.4 is 4.74 Å². The smallest absolute Gasteiger partial charge is 0.180 e. The molecule has 0 N–H and O–H groups in total. The molecule has 0 fully saturated rings. The van der Waals surface area contributed by atoms with Crippen molar-refractivity contribution < 1.29 is 13.5 Å². The van der Waals surface area contributed by atoms with Gasteiger partial charge in [-0.3, -0.25) is 4.57 Å². The third-order valence-electron chi connectivity index (χ3n) is 6.05. The van der Waals surface area contributed by atoms with Gasteiger partial charge < -0.3 is 4.74 Å². The van der Waals surface area contributed by atoms with Gasteiger partial charge in [-0.05, 0) is 61.2 Å². The molecular formula is C25H21F2N7O. The Morgan fingerprint density at radius 2 is 2.03 bits per heavy atom. The number of nitriles is 1. The van der Waals surface area contributed by atoms with E-state index in [4.69, 9.17) is 4.74 Å². The second-order valence-electron chi connectivity index (χ2n) is 8.32. The molecule has 35 heavy (non-hydrogen) atoms. The number of ether oxygens (including phenoxy) is 1. The first-order chi connectivity index (χ1) is 16.9. The van der Waals surface area contributed by atoms with E-state index in [-0.39, 0.29) is 0 Å². The van der Waals surface area contributed by atoms with Crippen molar-refractivity contribution in [2.45, 2.75) is 31.7 Å². The molecule has 10 heteroatoms. The second-order valence-corrected chi connectivity index (χ2v) is 8.32. The second kappa shape index (κ2) is 8.76. The summed E-state index contributed by atoms with van der Waals surface area (Å²) in [6.07, 6.45) is 9.83. The van der Waals surface area contributed by atoms with Crippen molar-refractivity contribution >= 4 is 12.2 Å². The molecule has 0 saturated heterocycles. The summed E-state index contributed by atoms with van der Waals surface area (Å²) in [6.45, 7) is 2.48. The van der Waals surface area contributed by atoms with Crippen LogP contribution in [0.15, 0.2) is 43.0 Å². The molecule has 1 aromatic carbocycles. The molecule has 0 amide bonds. The fraction of sp³-hybridized carbons (Fsp3) is 0.240. The minimum Gasteiger partial charge on any atom is -0.493 e. The summed E-state index contributed by atoms with van der Waals surface area (Å²) < 4.78 is 36.4. The highest BCUT2D eigenvalue weighted by Gasteiger charge is 2.42. The maximum absolute atomic E-state index is 14.0. The molecule has 0 spiro atoms. The maximum Gasteiger partial charge on any atom is 0.180 e. The lowest BCUT2D eigenvalue weighted by molar-refractivity contribution is 0.390. The van der Waals surface area contributed by atoms with Crippen LogP contribution >= 0.6 is 0 Å². The zero-order chi connectivity index (χ0) is 24.6. The van der Waals surface area contributed by atoms with Crippen LogP contribution in [0.3, 0.4) is 0 Å². The Kier molecular flexibility index (Phi) is 5.61. The highest BCUT2D eigenvalue weighted by Crippen LogP contribution is 2.39. The van der Waals surface area contributed by atoms with E-state index in [2.05, 4.69) is 26.1 Å². The van der Waals surface area contributed by atoms with Crippen LogP contribution in [0.2, 0.25) is 0 Å². The zero-order valence-electron chi connectivity index (χ0n) is 19.1. The largest absolute Gasteiger partial charge is 0.493 e. The molecule has 1 unspecified atom stereocenters. The quantitative estimate of drug-likeness (QED) is 0.431. The summed E-state index contributed by atoms with van der Waals surface area (Å²) in [7, 11) is 1.57. The van der Waals surface area contributed by atoms with Gasteiger partial charge in [-0.15, -0.1) is 0 Å². The Balaban J connectivity index is 1.47. The van der Waals surface area contributed by atoms with E-state index in [1.54, 1.807) is 41.0 Å². The number of imidazole rings is 1. The van der Waals surface area contributed by atoms with Gasteiger partial charge in [0.05, 0.1) is 18.9 Å². The molecule has 176 valence electrons. The summed E-state index contributed by atoms with van der Waals surface area (Å²) in [5.74, 6) is 0.0519. The fourth-order valence-electron chi connectivity index (χ4n) is 4.31. The van der Waals surface area contributed by atoms with E-state index < -0.39 is 17.0 Å². The predicted octanol–water partition coefficient (Wildman–Crippen LogP) is 4.23. The number of aromatic nitrogens is 6. The Morgan fingerprint density at radius 1 is 1.17 bits per heavy atom. The number of benzene rings is 1. The summed E-state index contributed by atoms with van der Waals surface area (Å²) in [5, 5.41) is 14.6. The third-order valence-corrected chi connectivity index (χ3v) is 6.05. The summed E-state index contributed by atoms with van der Waals surface area (Å²) in [5.41, 5.74) is 0.787. The van der Waals surface area contributed by atoms with Gasteiger partial charge in [0.1, 0.15) is 11.7 Å². The first-order valence-electron chi connectivity index (χ1n) is 11.0. The number of fused-ring (bicyclic) bond motifs is 1. The standard InChI is InChI=1S/C25H21F2N7O/c1-16-13-33(15-30-16)23-21(35-2)10-17(12-29-23)4-7-22-31-24-25(14-28,8-3-9-34(24)32-22)18-5-6-19(26)20(27)11-18/h4-7,10-13,15H,3,8-9H2,1-2H3.